The third-order valence-corrected chi connectivity index (χ3v) is 7.87. The molecule has 0 aromatic heterocycles. The van der Waals surface area contributed by atoms with Crippen molar-refractivity contribution in [3.05, 3.63) is 140 Å². The van der Waals surface area contributed by atoms with E-state index in [-0.39, 0.29) is 5.78 Å². The maximum Gasteiger partial charge on any atom is 0.193 e. The number of rotatable bonds is 2. The molecule has 0 heterocycles. The summed E-state index contributed by atoms with van der Waals surface area (Å²) in [7, 11) is 0. The van der Waals surface area contributed by atoms with E-state index in [1.165, 1.54) is 66.8 Å². The molecule has 0 saturated heterocycles. The molecule has 3 aliphatic carbocycles. The van der Waals surface area contributed by atoms with Gasteiger partial charge < -0.3 is 0 Å². The van der Waals surface area contributed by atoms with Gasteiger partial charge in [0.15, 0.2) is 5.78 Å². The molecule has 0 aliphatic heterocycles. The molecule has 0 unspecified atom stereocenters. The van der Waals surface area contributed by atoms with E-state index in [0.29, 0.717) is 0 Å². The second kappa shape index (κ2) is 7.52. The lowest BCUT2D eigenvalue weighted by Gasteiger charge is -2.21. The van der Waals surface area contributed by atoms with Crippen LogP contribution in [0.3, 0.4) is 0 Å². The first kappa shape index (κ1) is 20.4. The fraction of sp³-hybridized carbons (Fsp3) is 0.147. The lowest BCUT2D eigenvalue weighted by atomic mass is 9.81. The molecule has 1 heteroatoms. The van der Waals surface area contributed by atoms with E-state index >= 15 is 0 Å². The fourth-order valence-electron chi connectivity index (χ4n) is 5.86. The Morgan fingerprint density at radius 2 is 0.943 bits per heavy atom. The summed E-state index contributed by atoms with van der Waals surface area (Å²) in [4.78, 5) is 13.6. The van der Waals surface area contributed by atoms with Crippen LogP contribution in [0.4, 0.5) is 0 Å². The zero-order valence-electron chi connectivity index (χ0n) is 20.1. The van der Waals surface area contributed by atoms with Gasteiger partial charge in [-0.25, -0.2) is 0 Å². The number of benzene rings is 4. The number of carbonyl (C=O) groups excluding carboxylic acids is 1. The predicted molar refractivity (Wildman–Crippen MR) is 145 cm³/mol. The van der Waals surface area contributed by atoms with E-state index in [1.54, 1.807) is 0 Å². The lowest BCUT2D eigenvalue weighted by Crippen LogP contribution is -2.16. The number of hydrogen-bond donors (Lipinski definition) is 0. The van der Waals surface area contributed by atoms with Crippen LogP contribution in [0.2, 0.25) is 0 Å². The molecule has 168 valence electrons. The molecule has 4 aromatic rings. The van der Waals surface area contributed by atoms with Gasteiger partial charge in [0.2, 0.25) is 0 Å². The minimum Gasteiger partial charge on any atom is -0.289 e. The number of carbonyl (C=O) groups is 1. The largest absolute Gasteiger partial charge is 0.289 e. The van der Waals surface area contributed by atoms with Crippen LogP contribution >= 0.6 is 0 Å². The Hall–Kier alpha value is -3.97. The Morgan fingerprint density at radius 3 is 1.37 bits per heavy atom. The summed E-state index contributed by atoms with van der Waals surface area (Å²) in [5, 5.41) is 0. The first-order valence-corrected chi connectivity index (χ1v) is 12.4. The molecule has 0 fully saturated rings. The number of hydrogen-bond acceptors (Lipinski definition) is 1. The van der Waals surface area contributed by atoms with Crippen molar-refractivity contribution in [1.29, 1.82) is 0 Å². The van der Waals surface area contributed by atoms with Crippen LogP contribution in [-0.4, -0.2) is 5.78 Å². The zero-order chi connectivity index (χ0) is 23.7. The standard InChI is InChI=1S/C34H26O/c1-20-3-7-22(8-4-20)24-11-26-15-30-17-31-16-27-12-25(23-9-5-21(2)6-10-23)14-29(27)19-33(31)34(35)32(30)18-28(26)13-24/h3-10,13-16,18-19H,11-12,17H2,1-2H3. The monoisotopic (exact) mass is 450 g/mol. The molecule has 0 saturated carbocycles. The molecule has 0 amide bonds. The van der Waals surface area contributed by atoms with Crippen molar-refractivity contribution in [3.8, 4) is 0 Å². The number of allylic oxidation sites excluding steroid dienone is 2. The highest BCUT2D eigenvalue weighted by Gasteiger charge is 2.28. The van der Waals surface area contributed by atoms with Gasteiger partial charge in [-0.1, -0.05) is 83.9 Å². The molecule has 1 nitrogen and oxygen atoms in total. The van der Waals surface area contributed by atoms with Crippen molar-refractivity contribution in [2.75, 3.05) is 0 Å². The molecule has 0 radical (unpaired) electrons. The molecular formula is C34H26O. The van der Waals surface area contributed by atoms with Crippen LogP contribution in [0.15, 0.2) is 72.8 Å². The zero-order valence-corrected chi connectivity index (χ0v) is 20.1. The summed E-state index contributed by atoms with van der Waals surface area (Å²) in [6.07, 6.45) is 7.23. The first-order chi connectivity index (χ1) is 17.0. The van der Waals surface area contributed by atoms with Crippen LogP contribution in [0.25, 0.3) is 23.3 Å². The van der Waals surface area contributed by atoms with Crippen molar-refractivity contribution in [1.82, 2.24) is 0 Å². The molecule has 4 aromatic carbocycles. The van der Waals surface area contributed by atoms with Gasteiger partial charge in [0.1, 0.15) is 0 Å². The SMILES string of the molecule is Cc1ccc(C2=Cc3cc4c(cc3C2)Cc2cc3c(cc2C4=O)C=C(c2ccc(C)cc2)C3)cc1. The van der Waals surface area contributed by atoms with E-state index in [0.717, 1.165) is 30.4 Å². The van der Waals surface area contributed by atoms with Crippen LogP contribution in [0, 0.1) is 13.8 Å². The maximum atomic E-state index is 13.6. The highest BCUT2D eigenvalue weighted by Crippen LogP contribution is 2.39. The lowest BCUT2D eigenvalue weighted by molar-refractivity contribution is 0.103. The summed E-state index contributed by atoms with van der Waals surface area (Å²) in [5.74, 6) is 0.168. The Morgan fingerprint density at radius 1 is 0.514 bits per heavy atom. The average Bonchev–Trinajstić information content (AvgIpc) is 3.46. The summed E-state index contributed by atoms with van der Waals surface area (Å²) < 4.78 is 0. The predicted octanol–water partition coefficient (Wildman–Crippen LogP) is 7.63. The number of aryl methyl sites for hydroxylation is 2. The van der Waals surface area contributed by atoms with Gasteiger partial charge >= 0.3 is 0 Å². The van der Waals surface area contributed by atoms with Gasteiger partial charge in [0.05, 0.1) is 0 Å². The van der Waals surface area contributed by atoms with Crippen molar-refractivity contribution >= 4 is 29.1 Å². The smallest absolute Gasteiger partial charge is 0.193 e. The van der Waals surface area contributed by atoms with Gasteiger partial charge in [0, 0.05) is 11.1 Å². The minimum absolute atomic E-state index is 0.168. The fourth-order valence-corrected chi connectivity index (χ4v) is 5.86. The quantitative estimate of drug-likeness (QED) is 0.270. The second-order valence-electron chi connectivity index (χ2n) is 10.3. The summed E-state index contributed by atoms with van der Waals surface area (Å²) in [6.45, 7) is 4.24. The molecule has 0 N–H and O–H groups in total. The summed E-state index contributed by atoms with van der Waals surface area (Å²) >= 11 is 0. The van der Waals surface area contributed by atoms with Crippen molar-refractivity contribution in [3.63, 3.8) is 0 Å². The molecule has 35 heavy (non-hydrogen) atoms. The molecule has 7 rings (SSSR count). The molecular weight excluding hydrogens is 424 g/mol. The topological polar surface area (TPSA) is 17.1 Å². The summed E-state index contributed by atoms with van der Waals surface area (Å²) in [6, 6.07) is 26.3. The van der Waals surface area contributed by atoms with Gasteiger partial charge in [0.25, 0.3) is 0 Å². The Bertz CT molecular complexity index is 1490. The number of fused-ring (bicyclic) bond motifs is 4. The van der Waals surface area contributed by atoms with E-state index < -0.39 is 0 Å². The Balaban J connectivity index is 1.23. The van der Waals surface area contributed by atoms with Crippen LogP contribution in [0.1, 0.15) is 71.6 Å². The Labute approximate surface area is 206 Å². The van der Waals surface area contributed by atoms with Crippen LogP contribution in [-0.2, 0) is 19.3 Å². The minimum atomic E-state index is 0.168. The van der Waals surface area contributed by atoms with E-state index in [2.05, 4.69) is 98.8 Å². The second-order valence-corrected chi connectivity index (χ2v) is 10.3. The highest BCUT2D eigenvalue weighted by atomic mass is 16.1. The van der Waals surface area contributed by atoms with Gasteiger partial charge in [-0.05, 0) is 101 Å². The van der Waals surface area contributed by atoms with Gasteiger partial charge in [-0.15, -0.1) is 0 Å². The molecule has 3 aliphatic rings. The summed E-state index contributed by atoms with van der Waals surface area (Å²) in [5.41, 5.74) is 16.9. The average molecular weight is 451 g/mol. The normalized spacial score (nSPS) is 15.2. The van der Waals surface area contributed by atoms with Gasteiger partial charge in [-0.2, -0.15) is 0 Å². The highest BCUT2D eigenvalue weighted by molar-refractivity contribution is 6.13. The van der Waals surface area contributed by atoms with Crippen LogP contribution < -0.4 is 0 Å². The van der Waals surface area contributed by atoms with E-state index in [9.17, 15) is 4.79 Å². The third-order valence-electron chi connectivity index (χ3n) is 7.87. The van der Waals surface area contributed by atoms with Gasteiger partial charge in [-0.3, -0.25) is 4.79 Å². The maximum absolute atomic E-state index is 13.6. The first-order valence-electron chi connectivity index (χ1n) is 12.4. The van der Waals surface area contributed by atoms with Crippen molar-refractivity contribution in [2.24, 2.45) is 0 Å². The Kier molecular flexibility index (Phi) is 4.38. The number of ketones is 1. The van der Waals surface area contributed by atoms with Crippen LogP contribution in [0.5, 0.6) is 0 Å². The molecule has 0 atom stereocenters. The molecule has 0 bridgehead atoms. The molecule has 0 spiro atoms. The van der Waals surface area contributed by atoms with Crippen molar-refractivity contribution in [2.45, 2.75) is 33.1 Å². The van der Waals surface area contributed by atoms with E-state index in [1.807, 2.05) is 0 Å². The van der Waals surface area contributed by atoms with E-state index in [4.69, 9.17) is 0 Å². The van der Waals surface area contributed by atoms with Crippen molar-refractivity contribution < 1.29 is 4.79 Å². The third kappa shape index (κ3) is 3.34.